The first kappa shape index (κ1) is 16.9. The van der Waals surface area contributed by atoms with Gasteiger partial charge < -0.3 is 4.90 Å². The summed E-state index contributed by atoms with van der Waals surface area (Å²) in [7, 11) is -3.42. The lowest BCUT2D eigenvalue weighted by atomic mass is 10.0. The molecule has 2 aliphatic rings. The SMILES string of the molecule is Cc1nn(C[NH+]2CCCC2)c(C)c1S(=O)(=O)N1CCC(C)CC1. The van der Waals surface area contributed by atoms with Gasteiger partial charge in [0.15, 0.2) is 6.67 Å². The minimum atomic E-state index is -3.42. The standard InChI is InChI=1S/C16H28N4O2S/c1-13-6-10-19(11-7-13)23(21,22)16-14(2)17-20(15(16)3)12-18-8-4-5-9-18/h13H,4-12H2,1-3H3/p+1. The van der Waals surface area contributed by atoms with Crippen LogP contribution in [0.5, 0.6) is 0 Å². The topological polar surface area (TPSA) is 59.6 Å². The van der Waals surface area contributed by atoms with Gasteiger partial charge in [-0.2, -0.15) is 9.40 Å². The van der Waals surface area contributed by atoms with Gasteiger partial charge in [0.05, 0.1) is 24.5 Å². The monoisotopic (exact) mass is 341 g/mol. The van der Waals surface area contributed by atoms with Crippen LogP contribution in [0.3, 0.4) is 0 Å². The van der Waals surface area contributed by atoms with Gasteiger partial charge in [-0.1, -0.05) is 6.92 Å². The summed E-state index contributed by atoms with van der Waals surface area (Å²) in [6.07, 6.45) is 4.41. The zero-order valence-corrected chi connectivity index (χ0v) is 15.3. The highest BCUT2D eigenvalue weighted by atomic mass is 32.2. The fraction of sp³-hybridized carbons (Fsp3) is 0.812. The van der Waals surface area contributed by atoms with Gasteiger partial charge in [0.25, 0.3) is 0 Å². The minimum absolute atomic E-state index is 0.436. The number of likely N-dealkylation sites (tertiary alicyclic amines) is 1. The summed E-state index contributed by atoms with van der Waals surface area (Å²) in [5, 5.41) is 4.54. The molecule has 0 spiro atoms. The smallest absolute Gasteiger partial charge is 0.246 e. The van der Waals surface area contributed by atoms with Crippen molar-refractivity contribution in [3.05, 3.63) is 11.4 Å². The third kappa shape index (κ3) is 3.32. The first-order valence-corrected chi connectivity index (χ1v) is 10.2. The van der Waals surface area contributed by atoms with Crippen LogP contribution in [0.15, 0.2) is 4.90 Å². The molecule has 2 fully saturated rings. The van der Waals surface area contributed by atoms with E-state index in [0.717, 1.165) is 38.3 Å². The molecule has 3 rings (SSSR count). The van der Waals surface area contributed by atoms with Crippen LogP contribution in [0.1, 0.15) is 44.0 Å². The Morgan fingerprint density at radius 2 is 1.78 bits per heavy atom. The summed E-state index contributed by atoms with van der Waals surface area (Å²) < 4.78 is 29.7. The van der Waals surface area contributed by atoms with Crippen LogP contribution in [0.25, 0.3) is 0 Å². The second-order valence-electron chi connectivity index (χ2n) is 7.20. The number of sulfonamides is 1. The second-order valence-corrected chi connectivity index (χ2v) is 9.08. The lowest BCUT2D eigenvalue weighted by Crippen LogP contribution is -3.09. The molecule has 1 N–H and O–H groups in total. The van der Waals surface area contributed by atoms with Crippen molar-refractivity contribution in [2.24, 2.45) is 5.92 Å². The van der Waals surface area contributed by atoms with E-state index in [1.807, 2.05) is 18.5 Å². The third-order valence-electron chi connectivity index (χ3n) is 5.34. The summed E-state index contributed by atoms with van der Waals surface area (Å²) in [6.45, 7) is 10.3. The number of nitrogens with one attached hydrogen (secondary N) is 1. The Balaban J connectivity index is 1.85. The molecule has 0 aliphatic carbocycles. The largest absolute Gasteiger partial charge is 0.316 e. The molecule has 0 atom stereocenters. The summed E-state index contributed by atoms with van der Waals surface area (Å²) in [5.74, 6) is 0.616. The zero-order chi connectivity index (χ0) is 16.6. The quantitative estimate of drug-likeness (QED) is 0.870. The Hall–Kier alpha value is -0.920. The predicted molar refractivity (Wildman–Crippen MR) is 88.8 cm³/mol. The van der Waals surface area contributed by atoms with E-state index in [1.54, 1.807) is 4.31 Å². The molecule has 0 aromatic carbocycles. The van der Waals surface area contributed by atoms with Crippen LogP contribution < -0.4 is 4.90 Å². The van der Waals surface area contributed by atoms with Crippen molar-refractivity contribution in [3.8, 4) is 0 Å². The first-order chi connectivity index (χ1) is 10.9. The van der Waals surface area contributed by atoms with Gasteiger partial charge in [0.2, 0.25) is 10.0 Å². The van der Waals surface area contributed by atoms with Crippen LogP contribution >= 0.6 is 0 Å². The van der Waals surface area contributed by atoms with Crippen LogP contribution in [0.4, 0.5) is 0 Å². The molecule has 2 aliphatic heterocycles. The number of hydrogen-bond donors (Lipinski definition) is 1. The Bertz CT molecular complexity index is 654. The fourth-order valence-electron chi connectivity index (χ4n) is 3.81. The lowest BCUT2D eigenvalue weighted by Gasteiger charge is -2.29. The van der Waals surface area contributed by atoms with E-state index in [2.05, 4.69) is 12.0 Å². The van der Waals surface area contributed by atoms with Gasteiger partial charge in [0.1, 0.15) is 4.90 Å². The number of quaternary nitrogens is 1. The lowest BCUT2D eigenvalue weighted by molar-refractivity contribution is -0.911. The third-order valence-corrected chi connectivity index (χ3v) is 7.49. The molecule has 0 saturated carbocycles. The van der Waals surface area contributed by atoms with Gasteiger partial charge >= 0.3 is 0 Å². The van der Waals surface area contributed by atoms with Crippen LogP contribution in [0, 0.1) is 19.8 Å². The zero-order valence-electron chi connectivity index (χ0n) is 14.5. The second kappa shape index (κ2) is 6.53. The van der Waals surface area contributed by atoms with Crippen molar-refractivity contribution in [1.82, 2.24) is 14.1 Å². The average Bonchev–Trinajstić information content (AvgIpc) is 3.09. The molecule has 0 amide bonds. The van der Waals surface area contributed by atoms with E-state index >= 15 is 0 Å². The molecule has 2 saturated heterocycles. The Kier molecular flexibility index (Phi) is 4.80. The van der Waals surface area contributed by atoms with Gasteiger partial charge in [-0.05, 0) is 32.6 Å². The Morgan fingerprint density at radius 1 is 1.17 bits per heavy atom. The van der Waals surface area contributed by atoms with Crippen molar-refractivity contribution >= 4 is 10.0 Å². The first-order valence-electron chi connectivity index (χ1n) is 8.77. The fourth-order valence-corrected chi connectivity index (χ4v) is 5.65. The molecule has 7 heteroatoms. The maximum Gasteiger partial charge on any atom is 0.246 e. The van der Waals surface area contributed by atoms with E-state index in [1.165, 1.54) is 17.7 Å². The van der Waals surface area contributed by atoms with E-state index in [-0.39, 0.29) is 0 Å². The van der Waals surface area contributed by atoms with Gasteiger partial charge in [-0.25, -0.2) is 13.1 Å². The van der Waals surface area contributed by atoms with E-state index in [9.17, 15) is 8.42 Å². The summed E-state index contributed by atoms with van der Waals surface area (Å²) in [6, 6.07) is 0. The molecule has 0 radical (unpaired) electrons. The highest BCUT2D eigenvalue weighted by Gasteiger charge is 2.33. The molecule has 1 aromatic heterocycles. The Labute approximate surface area is 139 Å². The molecular weight excluding hydrogens is 312 g/mol. The van der Waals surface area contributed by atoms with Crippen molar-refractivity contribution in [2.75, 3.05) is 26.2 Å². The highest BCUT2D eigenvalue weighted by Crippen LogP contribution is 2.27. The van der Waals surface area contributed by atoms with E-state index in [4.69, 9.17) is 0 Å². The summed E-state index contributed by atoms with van der Waals surface area (Å²) >= 11 is 0. The van der Waals surface area contributed by atoms with E-state index < -0.39 is 10.0 Å². The number of hydrogen-bond acceptors (Lipinski definition) is 3. The maximum atomic E-state index is 13.1. The van der Waals surface area contributed by atoms with Crippen LogP contribution in [-0.4, -0.2) is 48.7 Å². The molecule has 6 nitrogen and oxygen atoms in total. The van der Waals surface area contributed by atoms with Crippen LogP contribution in [0.2, 0.25) is 0 Å². The minimum Gasteiger partial charge on any atom is -0.316 e. The highest BCUT2D eigenvalue weighted by molar-refractivity contribution is 7.89. The number of rotatable bonds is 4. The summed E-state index contributed by atoms with van der Waals surface area (Å²) in [5.41, 5.74) is 1.43. The van der Waals surface area contributed by atoms with Crippen molar-refractivity contribution < 1.29 is 13.3 Å². The van der Waals surface area contributed by atoms with Crippen molar-refractivity contribution in [1.29, 1.82) is 0 Å². The van der Waals surface area contributed by atoms with E-state index in [0.29, 0.717) is 29.6 Å². The number of piperidine rings is 1. The molecule has 23 heavy (non-hydrogen) atoms. The average molecular weight is 342 g/mol. The van der Waals surface area contributed by atoms with Gasteiger partial charge in [0, 0.05) is 25.9 Å². The Morgan fingerprint density at radius 3 is 2.39 bits per heavy atom. The number of aromatic nitrogens is 2. The molecule has 0 unspecified atom stereocenters. The van der Waals surface area contributed by atoms with Crippen molar-refractivity contribution in [2.45, 2.75) is 58.0 Å². The predicted octanol–water partition coefficient (Wildman–Crippen LogP) is 0.557. The molecule has 130 valence electrons. The number of nitrogens with zero attached hydrogens (tertiary/aromatic N) is 3. The van der Waals surface area contributed by atoms with Crippen LogP contribution in [-0.2, 0) is 16.7 Å². The van der Waals surface area contributed by atoms with Crippen molar-refractivity contribution in [3.63, 3.8) is 0 Å². The van der Waals surface area contributed by atoms with Gasteiger partial charge in [-0.3, -0.25) is 0 Å². The normalized spacial score (nSPS) is 22.0. The molecule has 1 aromatic rings. The molecule has 0 bridgehead atoms. The molecule has 3 heterocycles. The summed E-state index contributed by atoms with van der Waals surface area (Å²) in [4.78, 5) is 1.93. The molecular formula is C16H29N4O2S+. The maximum absolute atomic E-state index is 13.1. The van der Waals surface area contributed by atoms with Gasteiger partial charge in [-0.15, -0.1) is 0 Å². The number of aryl methyl sites for hydroxylation is 1.